The fraction of sp³-hybridized carbons (Fsp3) is 0.579. The van der Waals surface area contributed by atoms with Gasteiger partial charge in [0.2, 0.25) is 11.8 Å². The molecule has 5 heteroatoms. The number of nitrogens with one attached hydrogen (secondary N) is 1. The smallest absolute Gasteiger partial charge is 0.244 e. The maximum Gasteiger partial charge on any atom is 0.244 e. The summed E-state index contributed by atoms with van der Waals surface area (Å²) >= 11 is 0. The molecule has 2 bridgehead atoms. The molecular formula is C19H26N2O3. The van der Waals surface area contributed by atoms with Gasteiger partial charge in [-0.2, -0.15) is 0 Å². The number of rotatable bonds is 5. The van der Waals surface area contributed by atoms with Crippen LogP contribution in [0.3, 0.4) is 0 Å². The molecule has 1 aromatic carbocycles. The third-order valence-electron chi connectivity index (χ3n) is 5.20. The molecular weight excluding hydrogens is 304 g/mol. The first-order chi connectivity index (χ1) is 11.5. The summed E-state index contributed by atoms with van der Waals surface area (Å²) in [5, 5.41) is 2.96. The molecule has 0 spiro atoms. The lowest BCUT2D eigenvalue weighted by Crippen LogP contribution is -2.43. The number of likely N-dealkylation sites (N-methyl/N-ethyl adjacent to an activating group) is 1. The van der Waals surface area contributed by atoms with Gasteiger partial charge in [-0.3, -0.25) is 9.59 Å². The number of carbonyl (C=O) groups excluding carboxylic acids is 2. The normalized spacial score (nSPS) is 24.9. The van der Waals surface area contributed by atoms with Crippen LogP contribution in [0.1, 0.15) is 37.3 Å². The van der Waals surface area contributed by atoms with Crippen molar-refractivity contribution >= 4 is 17.5 Å². The molecule has 2 amide bonds. The Morgan fingerprint density at radius 3 is 2.50 bits per heavy atom. The fourth-order valence-electron chi connectivity index (χ4n) is 3.84. The van der Waals surface area contributed by atoms with Gasteiger partial charge in [0.05, 0.1) is 24.7 Å². The minimum atomic E-state index is -0.147. The molecule has 3 atom stereocenters. The number of aryl methyl sites for hydroxylation is 2. The van der Waals surface area contributed by atoms with Crippen molar-refractivity contribution in [2.75, 3.05) is 18.4 Å². The van der Waals surface area contributed by atoms with Gasteiger partial charge in [0, 0.05) is 12.2 Å². The van der Waals surface area contributed by atoms with Crippen LogP contribution >= 0.6 is 0 Å². The van der Waals surface area contributed by atoms with Gasteiger partial charge in [0.25, 0.3) is 0 Å². The van der Waals surface area contributed by atoms with E-state index in [1.807, 2.05) is 39.0 Å². The Morgan fingerprint density at radius 2 is 1.96 bits per heavy atom. The van der Waals surface area contributed by atoms with Crippen LogP contribution in [0, 0.1) is 19.8 Å². The molecule has 2 heterocycles. The summed E-state index contributed by atoms with van der Waals surface area (Å²) in [6.07, 6.45) is 3.13. The van der Waals surface area contributed by atoms with Crippen molar-refractivity contribution in [3.63, 3.8) is 0 Å². The molecule has 24 heavy (non-hydrogen) atoms. The number of carbonyl (C=O) groups is 2. The second kappa shape index (κ2) is 6.93. The number of anilines is 1. The molecule has 3 rings (SSSR count). The Hall–Kier alpha value is -1.88. The van der Waals surface area contributed by atoms with E-state index in [1.54, 1.807) is 4.90 Å². The number of hydrogen-bond acceptors (Lipinski definition) is 3. The Morgan fingerprint density at radius 1 is 1.25 bits per heavy atom. The highest BCUT2D eigenvalue weighted by atomic mass is 16.5. The molecule has 2 saturated heterocycles. The molecule has 0 saturated carbocycles. The van der Waals surface area contributed by atoms with Gasteiger partial charge in [-0.15, -0.1) is 0 Å². The SMILES string of the molecule is CCN(CC(=O)Nc1c(C)cccc1C)C(=O)C1CC2CCC1O2. The number of nitrogens with zero attached hydrogens (tertiary/aromatic N) is 1. The third kappa shape index (κ3) is 3.31. The highest BCUT2D eigenvalue weighted by Gasteiger charge is 2.45. The highest BCUT2D eigenvalue weighted by Crippen LogP contribution is 2.39. The van der Waals surface area contributed by atoms with E-state index in [-0.39, 0.29) is 36.5 Å². The predicted octanol–water partition coefficient (Wildman–Crippen LogP) is 2.66. The Kier molecular flexibility index (Phi) is 4.90. The quantitative estimate of drug-likeness (QED) is 0.903. The van der Waals surface area contributed by atoms with Gasteiger partial charge in [-0.25, -0.2) is 0 Å². The molecule has 2 fully saturated rings. The maximum atomic E-state index is 12.8. The second-order valence-electron chi connectivity index (χ2n) is 6.88. The van der Waals surface area contributed by atoms with Crippen LogP contribution in [0.4, 0.5) is 5.69 Å². The minimum absolute atomic E-state index is 0.0539. The van der Waals surface area contributed by atoms with Crippen molar-refractivity contribution in [1.82, 2.24) is 4.90 Å². The van der Waals surface area contributed by atoms with E-state index in [4.69, 9.17) is 4.74 Å². The van der Waals surface area contributed by atoms with E-state index in [1.165, 1.54) is 0 Å². The summed E-state index contributed by atoms with van der Waals surface area (Å²) < 4.78 is 5.78. The summed E-state index contributed by atoms with van der Waals surface area (Å²) in [5.41, 5.74) is 2.90. The van der Waals surface area contributed by atoms with Crippen LogP contribution in [0.15, 0.2) is 18.2 Å². The van der Waals surface area contributed by atoms with Crippen LogP contribution in [0.25, 0.3) is 0 Å². The van der Waals surface area contributed by atoms with Crippen molar-refractivity contribution in [1.29, 1.82) is 0 Å². The minimum Gasteiger partial charge on any atom is -0.374 e. The predicted molar refractivity (Wildman–Crippen MR) is 92.8 cm³/mol. The highest BCUT2D eigenvalue weighted by molar-refractivity contribution is 5.96. The lowest BCUT2D eigenvalue weighted by molar-refractivity contribution is -0.139. The first-order valence-corrected chi connectivity index (χ1v) is 8.80. The van der Waals surface area contributed by atoms with Crippen molar-refractivity contribution in [2.24, 2.45) is 5.92 Å². The standard InChI is InChI=1S/C19H26N2O3/c1-4-21(19(23)15-10-14-8-9-16(15)24-14)11-17(22)20-18-12(2)6-5-7-13(18)3/h5-7,14-16H,4,8-11H2,1-3H3,(H,20,22). The van der Waals surface area contributed by atoms with Crippen LogP contribution in [0.2, 0.25) is 0 Å². The van der Waals surface area contributed by atoms with Crippen molar-refractivity contribution in [3.8, 4) is 0 Å². The summed E-state index contributed by atoms with van der Waals surface area (Å²) in [7, 11) is 0. The average Bonchev–Trinajstić information content (AvgIpc) is 3.18. The lowest BCUT2D eigenvalue weighted by atomic mass is 9.88. The number of hydrogen-bond donors (Lipinski definition) is 1. The average molecular weight is 330 g/mol. The lowest BCUT2D eigenvalue weighted by Gasteiger charge is -2.27. The van der Waals surface area contributed by atoms with Crippen LogP contribution in [0.5, 0.6) is 0 Å². The molecule has 2 aliphatic rings. The zero-order valence-electron chi connectivity index (χ0n) is 14.7. The molecule has 2 aliphatic heterocycles. The largest absolute Gasteiger partial charge is 0.374 e. The molecule has 0 aliphatic carbocycles. The van der Waals surface area contributed by atoms with E-state index >= 15 is 0 Å². The molecule has 1 N–H and O–H groups in total. The van der Waals surface area contributed by atoms with E-state index < -0.39 is 0 Å². The van der Waals surface area contributed by atoms with E-state index in [9.17, 15) is 9.59 Å². The molecule has 3 unspecified atom stereocenters. The second-order valence-corrected chi connectivity index (χ2v) is 6.88. The fourth-order valence-corrected chi connectivity index (χ4v) is 3.84. The molecule has 5 nitrogen and oxygen atoms in total. The third-order valence-corrected chi connectivity index (χ3v) is 5.20. The van der Waals surface area contributed by atoms with Crippen LogP contribution in [-0.4, -0.2) is 42.0 Å². The number of para-hydroxylation sites is 1. The van der Waals surface area contributed by atoms with Gasteiger partial charge >= 0.3 is 0 Å². The van der Waals surface area contributed by atoms with E-state index in [2.05, 4.69) is 5.32 Å². The molecule has 1 aromatic rings. The Balaban J connectivity index is 1.62. The van der Waals surface area contributed by atoms with Crippen molar-refractivity contribution < 1.29 is 14.3 Å². The zero-order valence-corrected chi connectivity index (χ0v) is 14.7. The van der Waals surface area contributed by atoms with Crippen molar-refractivity contribution in [3.05, 3.63) is 29.3 Å². The first kappa shape index (κ1) is 17.0. The zero-order chi connectivity index (χ0) is 17.3. The number of fused-ring (bicyclic) bond motifs is 2. The number of benzene rings is 1. The van der Waals surface area contributed by atoms with Gasteiger partial charge in [0.1, 0.15) is 0 Å². The summed E-state index contributed by atoms with van der Waals surface area (Å²) in [6, 6.07) is 5.91. The number of ether oxygens (including phenoxy) is 1. The van der Waals surface area contributed by atoms with Gasteiger partial charge < -0.3 is 15.0 Å². The Labute approximate surface area is 143 Å². The summed E-state index contributed by atoms with van der Waals surface area (Å²) in [5.74, 6) is -0.162. The summed E-state index contributed by atoms with van der Waals surface area (Å²) in [4.78, 5) is 26.8. The maximum absolute atomic E-state index is 12.8. The van der Waals surface area contributed by atoms with E-state index in [0.29, 0.717) is 6.54 Å². The Bertz CT molecular complexity index is 623. The van der Waals surface area contributed by atoms with Crippen LogP contribution in [-0.2, 0) is 14.3 Å². The molecule has 0 aromatic heterocycles. The van der Waals surface area contributed by atoms with Gasteiger partial charge in [-0.05, 0) is 51.2 Å². The first-order valence-electron chi connectivity index (χ1n) is 8.80. The number of amides is 2. The topological polar surface area (TPSA) is 58.6 Å². The van der Waals surface area contributed by atoms with Gasteiger partial charge in [0.15, 0.2) is 0 Å². The van der Waals surface area contributed by atoms with Crippen molar-refractivity contribution in [2.45, 2.75) is 52.2 Å². The van der Waals surface area contributed by atoms with Gasteiger partial charge in [-0.1, -0.05) is 18.2 Å². The molecule has 0 radical (unpaired) electrons. The van der Waals surface area contributed by atoms with E-state index in [0.717, 1.165) is 36.1 Å². The van der Waals surface area contributed by atoms with Crippen LogP contribution < -0.4 is 5.32 Å². The molecule has 130 valence electrons. The monoisotopic (exact) mass is 330 g/mol. The summed E-state index contributed by atoms with van der Waals surface area (Å²) in [6.45, 7) is 6.48.